The van der Waals surface area contributed by atoms with Crippen LogP contribution in [0.4, 0.5) is 5.69 Å². The Morgan fingerprint density at radius 1 is 1.25 bits per heavy atom. The topological polar surface area (TPSA) is 64.8 Å². The molecule has 1 aliphatic rings. The lowest BCUT2D eigenvalue weighted by Crippen LogP contribution is -2.43. The standard InChI is InChI=1S/C19H30N2O3/c1-18(2,3)24-17(22)19(4,5)23-16-10-6-9-15(12-16)21-11-7-8-14(20)13-21/h6,9-10,12,14H,7-8,11,13,20H2,1-5H3/t14-/m0/s1. The fourth-order valence-corrected chi connectivity index (χ4v) is 2.73. The summed E-state index contributed by atoms with van der Waals surface area (Å²) in [6.45, 7) is 10.8. The van der Waals surface area contributed by atoms with Gasteiger partial charge in [-0.2, -0.15) is 0 Å². The monoisotopic (exact) mass is 334 g/mol. The van der Waals surface area contributed by atoms with Crippen molar-refractivity contribution in [2.75, 3.05) is 18.0 Å². The summed E-state index contributed by atoms with van der Waals surface area (Å²) in [5.41, 5.74) is 5.55. The highest BCUT2D eigenvalue weighted by molar-refractivity contribution is 5.79. The van der Waals surface area contributed by atoms with E-state index in [0.717, 1.165) is 31.6 Å². The van der Waals surface area contributed by atoms with Crippen molar-refractivity contribution in [3.05, 3.63) is 24.3 Å². The van der Waals surface area contributed by atoms with Gasteiger partial charge in [-0.1, -0.05) is 6.07 Å². The number of nitrogens with zero attached hydrogens (tertiary/aromatic N) is 1. The minimum absolute atomic E-state index is 0.210. The van der Waals surface area contributed by atoms with Gasteiger partial charge in [-0.15, -0.1) is 0 Å². The molecule has 1 aromatic rings. The molecule has 2 N–H and O–H groups in total. The van der Waals surface area contributed by atoms with Gasteiger partial charge in [0.25, 0.3) is 0 Å². The summed E-state index contributed by atoms with van der Waals surface area (Å²) < 4.78 is 11.4. The Morgan fingerprint density at radius 2 is 1.96 bits per heavy atom. The van der Waals surface area contributed by atoms with Gasteiger partial charge in [0.1, 0.15) is 11.4 Å². The van der Waals surface area contributed by atoms with Crippen molar-refractivity contribution in [3.63, 3.8) is 0 Å². The van der Waals surface area contributed by atoms with Gasteiger partial charge >= 0.3 is 5.97 Å². The van der Waals surface area contributed by atoms with Gasteiger partial charge in [-0.3, -0.25) is 0 Å². The van der Waals surface area contributed by atoms with Crippen LogP contribution in [0.2, 0.25) is 0 Å². The average molecular weight is 334 g/mol. The minimum Gasteiger partial charge on any atom is -0.476 e. The van der Waals surface area contributed by atoms with E-state index in [9.17, 15) is 4.79 Å². The summed E-state index contributed by atoms with van der Waals surface area (Å²) in [7, 11) is 0. The molecule has 0 saturated carbocycles. The van der Waals surface area contributed by atoms with Gasteiger partial charge in [0.15, 0.2) is 5.60 Å². The van der Waals surface area contributed by atoms with Crippen LogP contribution in [0.1, 0.15) is 47.5 Å². The molecule has 1 aromatic carbocycles. The predicted molar refractivity (Wildman–Crippen MR) is 96.4 cm³/mol. The SMILES string of the molecule is CC(C)(C)OC(=O)C(C)(C)Oc1cccc(N2CCC[C@H](N)C2)c1. The summed E-state index contributed by atoms with van der Waals surface area (Å²) in [5, 5.41) is 0. The molecule has 5 heteroatoms. The molecular weight excluding hydrogens is 304 g/mol. The number of carbonyl (C=O) groups is 1. The molecule has 1 atom stereocenters. The van der Waals surface area contributed by atoms with Crippen LogP contribution >= 0.6 is 0 Å². The Bertz CT molecular complexity index is 578. The lowest BCUT2D eigenvalue weighted by atomic mass is 10.1. The van der Waals surface area contributed by atoms with E-state index >= 15 is 0 Å². The second-order valence-electron chi connectivity index (χ2n) is 7.96. The number of esters is 1. The van der Waals surface area contributed by atoms with Gasteiger partial charge in [0.05, 0.1) is 0 Å². The van der Waals surface area contributed by atoms with Crippen molar-refractivity contribution in [2.45, 2.75) is 64.7 Å². The maximum Gasteiger partial charge on any atom is 0.350 e. The van der Waals surface area contributed by atoms with Crippen LogP contribution in [-0.4, -0.2) is 36.3 Å². The molecule has 1 saturated heterocycles. The smallest absolute Gasteiger partial charge is 0.350 e. The van der Waals surface area contributed by atoms with Crippen LogP contribution in [-0.2, 0) is 9.53 Å². The first kappa shape index (κ1) is 18.6. The number of hydrogen-bond donors (Lipinski definition) is 1. The van der Waals surface area contributed by atoms with E-state index in [1.807, 2.05) is 45.0 Å². The Kier molecular flexibility index (Phi) is 5.43. The van der Waals surface area contributed by atoms with E-state index in [-0.39, 0.29) is 12.0 Å². The van der Waals surface area contributed by atoms with E-state index in [4.69, 9.17) is 15.2 Å². The number of anilines is 1. The highest BCUT2D eigenvalue weighted by Crippen LogP contribution is 2.27. The summed E-state index contributed by atoms with van der Waals surface area (Å²) >= 11 is 0. The maximum atomic E-state index is 12.3. The largest absolute Gasteiger partial charge is 0.476 e. The molecule has 24 heavy (non-hydrogen) atoms. The van der Waals surface area contributed by atoms with Crippen LogP contribution < -0.4 is 15.4 Å². The third-order valence-corrected chi connectivity index (χ3v) is 3.90. The first-order valence-corrected chi connectivity index (χ1v) is 8.60. The number of rotatable bonds is 4. The van der Waals surface area contributed by atoms with E-state index in [1.165, 1.54) is 0 Å². The zero-order valence-corrected chi connectivity index (χ0v) is 15.5. The summed E-state index contributed by atoms with van der Waals surface area (Å²) in [5.74, 6) is 0.280. The van der Waals surface area contributed by atoms with Crippen LogP contribution in [0.3, 0.4) is 0 Å². The second kappa shape index (κ2) is 7.01. The predicted octanol–water partition coefficient (Wildman–Crippen LogP) is 3.11. The molecule has 1 aliphatic heterocycles. The van der Waals surface area contributed by atoms with Gasteiger partial charge < -0.3 is 20.1 Å². The number of ether oxygens (including phenoxy) is 2. The van der Waals surface area contributed by atoms with E-state index in [2.05, 4.69) is 4.90 Å². The molecule has 0 spiro atoms. The molecule has 0 amide bonds. The van der Waals surface area contributed by atoms with E-state index < -0.39 is 11.2 Å². The van der Waals surface area contributed by atoms with Crippen molar-refractivity contribution in [1.82, 2.24) is 0 Å². The normalized spacial score (nSPS) is 19.1. The first-order chi connectivity index (χ1) is 11.1. The molecule has 5 nitrogen and oxygen atoms in total. The van der Waals surface area contributed by atoms with Crippen LogP contribution in [0.5, 0.6) is 5.75 Å². The number of nitrogens with two attached hydrogens (primary N) is 1. The van der Waals surface area contributed by atoms with Crippen molar-refractivity contribution < 1.29 is 14.3 Å². The van der Waals surface area contributed by atoms with Gasteiger partial charge in [0.2, 0.25) is 0 Å². The number of carbonyl (C=O) groups excluding carboxylic acids is 1. The zero-order valence-electron chi connectivity index (χ0n) is 15.5. The Hall–Kier alpha value is -1.75. The molecule has 0 aromatic heterocycles. The third-order valence-electron chi connectivity index (χ3n) is 3.90. The summed E-state index contributed by atoms with van der Waals surface area (Å²) in [6.07, 6.45) is 2.16. The zero-order chi connectivity index (χ0) is 18.0. The van der Waals surface area contributed by atoms with Gasteiger partial charge in [0, 0.05) is 30.9 Å². The number of hydrogen-bond acceptors (Lipinski definition) is 5. The second-order valence-corrected chi connectivity index (χ2v) is 7.96. The van der Waals surface area contributed by atoms with Crippen LogP contribution in [0.25, 0.3) is 0 Å². The third kappa shape index (κ3) is 5.13. The molecule has 0 unspecified atom stereocenters. The minimum atomic E-state index is -1.05. The molecule has 0 radical (unpaired) electrons. The van der Waals surface area contributed by atoms with Crippen molar-refractivity contribution in [3.8, 4) is 5.75 Å². The molecule has 1 fully saturated rings. The molecule has 2 rings (SSSR count). The highest BCUT2D eigenvalue weighted by Gasteiger charge is 2.35. The van der Waals surface area contributed by atoms with Gasteiger partial charge in [-0.25, -0.2) is 4.79 Å². The molecule has 0 bridgehead atoms. The van der Waals surface area contributed by atoms with Crippen LogP contribution in [0.15, 0.2) is 24.3 Å². The quantitative estimate of drug-likeness (QED) is 0.857. The lowest BCUT2D eigenvalue weighted by Gasteiger charge is -2.33. The molecule has 1 heterocycles. The van der Waals surface area contributed by atoms with E-state index in [0.29, 0.717) is 5.75 Å². The van der Waals surface area contributed by atoms with Crippen LogP contribution in [0, 0.1) is 0 Å². The number of piperidine rings is 1. The van der Waals surface area contributed by atoms with Crippen molar-refractivity contribution in [1.29, 1.82) is 0 Å². The fourth-order valence-electron chi connectivity index (χ4n) is 2.73. The van der Waals surface area contributed by atoms with Gasteiger partial charge in [-0.05, 0) is 59.6 Å². The Balaban J connectivity index is 2.09. The number of benzene rings is 1. The Morgan fingerprint density at radius 3 is 2.58 bits per heavy atom. The van der Waals surface area contributed by atoms with E-state index in [1.54, 1.807) is 13.8 Å². The molecule has 0 aliphatic carbocycles. The highest BCUT2D eigenvalue weighted by atomic mass is 16.6. The van der Waals surface area contributed by atoms with Crippen molar-refractivity contribution >= 4 is 11.7 Å². The maximum absolute atomic E-state index is 12.3. The molecule has 134 valence electrons. The summed E-state index contributed by atoms with van der Waals surface area (Å²) in [4.78, 5) is 14.6. The van der Waals surface area contributed by atoms with Crippen molar-refractivity contribution in [2.24, 2.45) is 5.73 Å². The first-order valence-electron chi connectivity index (χ1n) is 8.60. The Labute approximate surface area is 145 Å². The fraction of sp³-hybridized carbons (Fsp3) is 0.632. The lowest BCUT2D eigenvalue weighted by molar-refractivity contribution is -0.170. The average Bonchev–Trinajstić information content (AvgIpc) is 2.45. The summed E-state index contributed by atoms with van der Waals surface area (Å²) in [6, 6.07) is 8.02. The molecular formula is C19H30N2O3.